The molecule has 0 spiro atoms. The molecule has 2 atom stereocenters. The maximum absolute atomic E-state index is 12.3. The van der Waals surface area contributed by atoms with E-state index in [0.717, 1.165) is 11.3 Å². The van der Waals surface area contributed by atoms with Gasteiger partial charge in [-0.15, -0.1) is 0 Å². The summed E-state index contributed by atoms with van der Waals surface area (Å²) in [6.07, 6.45) is -0.272. The second kappa shape index (κ2) is 7.26. The van der Waals surface area contributed by atoms with Crippen LogP contribution in [-0.4, -0.2) is 54.3 Å². The number of aliphatic carboxylic acids is 1. The summed E-state index contributed by atoms with van der Waals surface area (Å²) < 4.78 is 10.5. The molecule has 1 heterocycles. The van der Waals surface area contributed by atoms with E-state index in [1.807, 2.05) is 24.3 Å². The number of carbonyl (C=O) groups is 2. The van der Waals surface area contributed by atoms with Crippen LogP contribution in [0.2, 0.25) is 0 Å². The van der Waals surface area contributed by atoms with Crippen molar-refractivity contribution in [1.29, 1.82) is 0 Å². The van der Waals surface area contributed by atoms with Crippen molar-refractivity contribution < 1.29 is 24.2 Å². The Bertz CT molecular complexity index is 545. The molecule has 1 saturated heterocycles. The normalized spacial score (nSPS) is 21.5. The molecule has 22 heavy (non-hydrogen) atoms. The van der Waals surface area contributed by atoms with Crippen LogP contribution in [0.1, 0.15) is 18.9 Å². The number of carboxylic acids is 1. The predicted octanol–water partition coefficient (Wildman–Crippen LogP) is 1.33. The molecule has 1 aromatic rings. The summed E-state index contributed by atoms with van der Waals surface area (Å²) in [6, 6.07) is 7.58. The Balaban J connectivity index is 1.92. The van der Waals surface area contributed by atoms with Crippen LogP contribution in [0.4, 0.5) is 0 Å². The quantitative estimate of drug-likeness (QED) is 0.888. The molecule has 0 saturated carbocycles. The van der Waals surface area contributed by atoms with Gasteiger partial charge in [-0.2, -0.15) is 0 Å². The molecular weight excluding hydrogens is 286 g/mol. The highest BCUT2D eigenvalue weighted by atomic mass is 16.5. The average molecular weight is 307 g/mol. The summed E-state index contributed by atoms with van der Waals surface area (Å²) in [6.45, 7) is 2.31. The Morgan fingerprint density at radius 2 is 2.18 bits per heavy atom. The van der Waals surface area contributed by atoms with Crippen LogP contribution in [0.5, 0.6) is 5.75 Å². The molecule has 0 aromatic heterocycles. The average Bonchev–Trinajstić information content (AvgIpc) is 2.52. The fourth-order valence-corrected chi connectivity index (χ4v) is 2.53. The molecule has 6 heteroatoms. The van der Waals surface area contributed by atoms with E-state index in [0.29, 0.717) is 19.4 Å². The number of nitrogens with zero attached hydrogens (tertiary/aromatic N) is 1. The molecule has 0 bridgehead atoms. The lowest BCUT2D eigenvalue weighted by molar-refractivity contribution is -0.166. The van der Waals surface area contributed by atoms with Crippen molar-refractivity contribution in [2.45, 2.75) is 32.0 Å². The lowest BCUT2D eigenvalue weighted by Gasteiger charge is -2.35. The van der Waals surface area contributed by atoms with Crippen molar-refractivity contribution in [3.8, 4) is 5.75 Å². The molecule has 1 aromatic carbocycles. The minimum atomic E-state index is -1.03. The number of benzene rings is 1. The highest BCUT2D eigenvalue weighted by molar-refractivity contribution is 5.79. The minimum Gasteiger partial charge on any atom is -0.497 e. The van der Waals surface area contributed by atoms with Crippen LogP contribution in [0, 0.1) is 0 Å². The van der Waals surface area contributed by atoms with Crippen LogP contribution in [0.25, 0.3) is 0 Å². The maximum atomic E-state index is 12.3. The molecule has 1 N–H and O–H groups in total. The smallest absolute Gasteiger partial charge is 0.334 e. The maximum Gasteiger partial charge on any atom is 0.334 e. The van der Waals surface area contributed by atoms with Crippen molar-refractivity contribution in [2.24, 2.45) is 0 Å². The molecule has 1 aliphatic heterocycles. The van der Waals surface area contributed by atoms with Gasteiger partial charge in [0.05, 0.1) is 19.8 Å². The van der Waals surface area contributed by atoms with E-state index in [2.05, 4.69) is 0 Å². The molecule has 120 valence electrons. The third kappa shape index (κ3) is 4.21. The van der Waals surface area contributed by atoms with Gasteiger partial charge < -0.3 is 19.5 Å². The number of methoxy groups -OCH3 is 1. The Morgan fingerprint density at radius 1 is 1.41 bits per heavy atom. The molecule has 2 rings (SSSR count). The second-order valence-corrected chi connectivity index (χ2v) is 5.42. The summed E-state index contributed by atoms with van der Waals surface area (Å²) in [5.74, 6) is -0.322. The van der Waals surface area contributed by atoms with Gasteiger partial charge in [0.25, 0.3) is 0 Å². The first kappa shape index (κ1) is 16.3. The first-order valence-corrected chi connectivity index (χ1v) is 7.28. The molecule has 6 nitrogen and oxygen atoms in total. The summed E-state index contributed by atoms with van der Waals surface area (Å²) >= 11 is 0. The standard InChI is InChI=1S/C16H21NO5/c1-11-9-17(10-14(22-11)16(19)20)15(18)7-6-12-4-3-5-13(8-12)21-2/h3-5,8,11,14H,6-7,9-10H2,1-2H3,(H,19,20)/t11-,14?/m1/s1. The van der Waals surface area contributed by atoms with Gasteiger partial charge in [0.15, 0.2) is 6.10 Å². The van der Waals surface area contributed by atoms with Gasteiger partial charge >= 0.3 is 5.97 Å². The van der Waals surface area contributed by atoms with Crippen molar-refractivity contribution >= 4 is 11.9 Å². The molecule has 0 aliphatic carbocycles. The van der Waals surface area contributed by atoms with Gasteiger partial charge in [0.2, 0.25) is 5.91 Å². The zero-order chi connectivity index (χ0) is 16.1. The van der Waals surface area contributed by atoms with Crippen molar-refractivity contribution in [3.05, 3.63) is 29.8 Å². The number of aryl methyl sites for hydroxylation is 1. The number of carboxylic acid groups (broad SMARTS) is 1. The van der Waals surface area contributed by atoms with Crippen LogP contribution >= 0.6 is 0 Å². The summed E-state index contributed by atoms with van der Waals surface area (Å²) in [7, 11) is 1.60. The van der Waals surface area contributed by atoms with E-state index in [1.165, 1.54) is 0 Å². The zero-order valence-electron chi connectivity index (χ0n) is 12.8. The van der Waals surface area contributed by atoms with E-state index in [4.69, 9.17) is 14.6 Å². The van der Waals surface area contributed by atoms with Crippen molar-refractivity contribution in [2.75, 3.05) is 20.2 Å². The van der Waals surface area contributed by atoms with E-state index >= 15 is 0 Å². The van der Waals surface area contributed by atoms with Crippen LogP contribution in [0.15, 0.2) is 24.3 Å². The third-order valence-corrected chi connectivity index (χ3v) is 3.65. The minimum absolute atomic E-state index is 0.0516. The van der Waals surface area contributed by atoms with Crippen molar-refractivity contribution in [1.82, 2.24) is 4.90 Å². The first-order chi connectivity index (χ1) is 10.5. The molecular formula is C16H21NO5. The first-order valence-electron chi connectivity index (χ1n) is 7.28. The van der Waals surface area contributed by atoms with Gasteiger partial charge in [-0.3, -0.25) is 4.79 Å². The number of hydrogen-bond donors (Lipinski definition) is 1. The SMILES string of the molecule is COc1cccc(CCC(=O)N2CC(C(=O)O)O[C@H](C)C2)c1. The topological polar surface area (TPSA) is 76.1 Å². The fraction of sp³-hybridized carbons (Fsp3) is 0.500. The van der Waals surface area contributed by atoms with Gasteiger partial charge in [0.1, 0.15) is 5.75 Å². The van der Waals surface area contributed by atoms with Gasteiger partial charge in [-0.05, 0) is 31.0 Å². The number of carbonyl (C=O) groups excluding carboxylic acids is 1. The van der Waals surface area contributed by atoms with Gasteiger partial charge in [-0.1, -0.05) is 12.1 Å². The van der Waals surface area contributed by atoms with Gasteiger partial charge in [-0.25, -0.2) is 4.79 Å². The van der Waals surface area contributed by atoms with Crippen LogP contribution in [-0.2, 0) is 20.7 Å². The fourth-order valence-electron chi connectivity index (χ4n) is 2.53. The van der Waals surface area contributed by atoms with E-state index in [1.54, 1.807) is 18.9 Å². The van der Waals surface area contributed by atoms with E-state index < -0.39 is 12.1 Å². The highest BCUT2D eigenvalue weighted by Crippen LogP contribution is 2.16. The second-order valence-electron chi connectivity index (χ2n) is 5.42. The number of amides is 1. The van der Waals surface area contributed by atoms with E-state index in [9.17, 15) is 9.59 Å². The Morgan fingerprint density at radius 3 is 2.86 bits per heavy atom. The number of hydrogen-bond acceptors (Lipinski definition) is 4. The molecule has 1 aliphatic rings. The number of morpholine rings is 1. The van der Waals surface area contributed by atoms with Crippen molar-refractivity contribution in [3.63, 3.8) is 0 Å². The summed E-state index contributed by atoms with van der Waals surface area (Å²) in [5, 5.41) is 9.04. The zero-order valence-corrected chi connectivity index (χ0v) is 12.8. The molecule has 1 fully saturated rings. The molecule has 1 unspecified atom stereocenters. The van der Waals surface area contributed by atoms with Crippen LogP contribution in [0.3, 0.4) is 0 Å². The lowest BCUT2D eigenvalue weighted by atomic mass is 10.1. The third-order valence-electron chi connectivity index (χ3n) is 3.65. The number of rotatable bonds is 5. The molecule has 1 amide bonds. The predicted molar refractivity (Wildman–Crippen MR) is 79.9 cm³/mol. The number of ether oxygens (including phenoxy) is 2. The molecule has 0 radical (unpaired) electrons. The summed E-state index contributed by atoms with van der Waals surface area (Å²) in [5.41, 5.74) is 1.02. The van der Waals surface area contributed by atoms with Gasteiger partial charge in [0, 0.05) is 13.0 Å². The monoisotopic (exact) mass is 307 g/mol. The van der Waals surface area contributed by atoms with Crippen LogP contribution < -0.4 is 4.74 Å². The largest absolute Gasteiger partial charge is 0.497 e. The Kier molecular flexibility index (Phi) is 5.38. The van der Waals surface area contributed by atoms with E-state index in [-0.39, 0.29) is 18.6 Å². The summed E-state index contributed by atoms with van der Waals surface area (Å²) in [4.78, 5) is 24.9. The highest BCUT2D eigenvalue weighted by Gasteiger charge is 2.32. The Labute approximate surface area is 129 Å². The lowest BCUT2D eigenvalue weighted by Crippen LogP contribution is -2.51. The Hall–Kier alpha value is -2.08.